The molecule has 1 aliphatic heterocycles. The van der Waals surface area contributed by atoms with Gasteiger partial charge in [0.05, 0.1) is 6.61 Å². The molecule has 0 aromatic heterocycles. The number of aliphatic hydroxyl groups excluding tert-OH is 3. The second-order valence-corrected chi connectivity index (χ2v) is 9.66. The Bertz CT molecular complexity index is 501. The molecule has 7 nitrogen and oxygen atoms in total. The lowest BCUT2D eigenvalue weighted by atomic mass is 9.88. The molecule has 1 rings (SSSR count). The Morgan fingerprint density at radius 1 is 0.727 bits per heavy atom. The molecular weight excluding hydrogens is 424 g/mol. The molecule has 7 heteroatoms. The zero-order chi connectivity index (χ0) is 24.5. The first-order chi connectivity index (χ1) is 15.9. The topological polar surface area (TPSA) is 116 Å². The average Bonchev–Trinajstić information content (AvgIpc) is 2.80. The molecule has 33 heavy (non-hydrogen) atoms. The monoisotopic (exact) mass is 474 g/mol. The van der Waals surface area contributed by atoms with E-state index in [9.17, 15) is 25.2 Å². The summed E-state index contributed by atoms with van der Waals surface area (Å²) in [4.78, 5) is 11.6. The molecule has 0 aromatic carbocycles. The van der Waals surface area contributed by atoms with Crippen molar-refractivity contribution in [2.45, 2.75) is 153 Å². The normalized spacial score (nSPS) is 27.7. The van der Waals surface area contributed by atoms with E-state index in [1.807, 2.05) is 0 Å². The molecule has 0 bridgehead atoms. The van der Waals surface area contributed by atoms with Gasteiger partial charge in [0.1, 0.15) is 18.3 Å². The molecule has 0 aliphatic carbocycles. The number of unbranched alkanes of at least 4 members (excludes halogenated alkanes) is 14. The molecule has 1 fully saturated rings. The van der Waals surface area contributed by atoms with Gasteiger partial charge in [-0.25, -0.2) is 4.79 Å². The smallest absolute Gasteiger partial charge is 0.335 e. The van der Waals surface area contributed by atoms with Gasteiger partial charge in [-0.3, -0.25) is 0 Å². The summed E-state index contributed by atoms with van der Waals surface area (Å²) in [5, 5.41) is 40.6. The maximum atomic E-state index is 11.6. The van der Waals surface area contributed by atoms with Crippen molar-refractivity contribution in [3.05, 3.63) is 0 Å². The highest BCUT2D eigenvalue weighted by Crippen LogP contribution is 2.36. The number of carboxylic acid groups (broad SMARTS) is 1. The minimum atomic E-state index is -1.70. The third kappa shape index (κ3) is 11.0. The van der Waals surface area contributed by atoms with Crippen LogP contribution >= 0.6 is 0 Å². The highest BCUT2D eigenvalue weighted by Gasteiger charge is 2.56. The minimum Gasteiger partial charge on any atom is -0.479 e. The van der Waals surface area contributed by atoms with E-state index in [0.29, 0.717) is 13.0 Å². The lowest BCUT2D eigenvalue weighted by molar-refractivity contribution is -0.359. The van der Waals surface area contributed by atoms with Crippen molar-refractivity contribution in [3.63, 3.8) is 0 Å². The Morgan fingerprint density at radius 3 is 1.67 bits per heavy atom. The van der Waals surface area contributed by atoms with Crippen LogP contribution in [-0.4, -0.2) is 63.2 Å². The molecule has 0 amide bonds. The predicted octanol–water partition coefficient (Wildman–Crippen LogP) is 4.94. The quantitative estimate of drug-likeness (QED) is 0.185. The van der Waals surface area contributed by atoms with E-state index in [1.165, 1.54) is 57.8 Å². The van der Waals surface area contributed by atoms with Crippen LogP contribution in [0.25, 0.3) is 0 Å². The number of aliphatic carboxylic acids is 1. The van der Waals surface area contributed by atoms with E-state index in [-0.39, 0.29) is 6.42 Å². The minimum absolute atomic E-state index is 0.285. The maximum Gasteiger partial charge on any atom is 0.335 e. The van der Waals surface area contributed by atoms with Crippen molar-refractivity contribution in [3.8, 4) is 0 Å². The fourth-order valence-electron chi connectivity index (χ4n) is 4.56. The van der Waals surface area contributed by atoms with Gasteiger partial charge in [-0.05, 0) is 12.8 Å². The largest absolute Gasteiger partial charge is 0.479 e. The number of ether oxygens (including phenoxy) is 2. The second kappa shape index (κ2) is 17.7. The summed E-state index contributed by atoms with van der Waals surface area (Å²) in [7, 11) is 0. The molecule has 5 atom stereocenters. The number of carboxylic acids is 1. The van der Waals surface area contributed by atoms with E-state index >= 15 is 0 Å². The van der Waals surface area contributed by atoms with E-state index < -0.39 is 36.2 Å². The molecule has 196 valence electrons. The van der Waals surface area contributed by atoms with Crippen molar-refractivity contribution in [2.75, 3.05) is 6.61 Å². The Morgan fingerprint density at radius 2 is 1.18 bits per heavy atom. The van der Waals surface area contributed by atoms with Crippen molar-refractivity contribution in [1.29, 1.82) is 0 Å². The Balaban J connectivity index is 2.56. The first-order valence-electron chi connectivity index (χ1n) is 13.5. The van der Waals surface area contributed by atoms with Crippen molar-refractivity contribution < 1.29 is 34.7 Å². The average molecular weight is 475 g/mol. The maximum absolute atomic E-state index is 11.6. The van der Waals surface area contributed by atoms with E-state index in [4.69, 9.17) is 9.47 Å². The third-order valence-corrected chi connectivity index (χ3v) is 6.73. The van der Waals surface area contributed by atoms with E-state index in [1.54, 1.807) is 0 Å². The van der Waals surface area contributed by atoms with Gasteiger partial charge in [0.25, 0.3) is 0 Å². The summed E-state index contributed by atoms with van der Waals surface area (Å²) in [6.45, 7) is 4.71. The van der Waals surface area contributed by atoms with Crippen molar-refractivity contribution in [1.82, 2.24) is 0 Å². The second-order valence-electron chi connectivity index (χ2n) is 9.66. The summed E-state index contributed by atoms with van der Waals surface area (Å²) < 4.78 is 11.7. The van der Waals surface area contributed by atoms with Gasteiger partial charge in [-0.15, -0.1) is 0 Å². The van der Waals surface area contributed by atoms with Crippen molar-refractivity contribution >= 4 is 5.97 Å². The molecule has 0 aromatic rings. The van der Waals surface area contributed by atoms with Gasteiger partial charge in [-0.2, -0.15) is 0 Å². The highest BCUT2D eigenvalue weighted by atomic mass is 16.7. The number of carbonyl (C=O) groups is 1. The molecule has 4 N–H and O–H groups in total. The summed E-state index contributed by atoms with van der Waals surface area (Å²) in [5.41, 5.74) is 0. The Kier molecular flexibility index (Phi) is 16.2. The fraction of sp³-hybridized carbons (Fsp3) is 0.962. The van der Waals surface area contributed by atoms with Gasteiger partial charge >= 0.3 is 5.97 Å². The van der Waals surface area contributed by atoms with Gasteiger partial charge in [-0.1, -0.05) is 104 Å². The number of hydrogen-bond donors (Lipinski definition) is 4. The highest BCUT2D eigenvalue weighted by molar-refractivity contribution is 5.73. The molecule has 1 saturated heterocycles. The van der Waals surface area contributed by atoms with Crippen LogP contribution in [-0.2, 0) is 14.3 Å². The van der Waals surface area contributed by atoms with Crippen LogP contribution in [0.2, 0.25) is 0 Å². The molecule has 0 saturated carbocycles. The summed E-state index contributed by atoms with van der Waals surface area (Å²) >= 11 is 0. The summed E-state index contributed by atoms with van der Waals surface area (Å²) in [6.07, 6.45) is 11.6. The fourth-order valence-corrected chi connectivity index (χ4v) is 4.56. The van der Waals surface area contributed by atoms with Gasteiger partial charge in [0.15, 0.2) is 11.9 Å². The van der Waals surface area contributed by atoms with Crippen LogP contribution in [0.15, 0.2) is 0 Å². The molecule has 1 aliphatic rings. The van der Waals surface area contributed by atoms with Crippen LogP contribution in [0, 0.1) is 0 Å². The lowest BCUT2D eigenvalue weighted by Crippen LogP contribution is -2.67. The van der Waals surface area contributed by atoms with Crippen molar-refractivity contribution in [2.24, 2.45) is 0 Å². The molecule has 1 unspecified atom stereocenters. The van der Waals surface area contributed by atoms with Gasteiger partial charge in [0, 0.05) is 6.42 Å². The molecule has 0 spiro atoms. The standard InChI is InChI=1S/C26H50O7/c1-3-5-7-9-11-13-15-17-19-26(32-20-18-16-14-12-10-8-6-4-2)24(29)22(28)21(27)23(33-26)25(30)31/h21-24,27-29H,3-20H2,1-2H3,(H,30,31)/t21-,22+,23+,24-,26?/m1/s1. The number of aliphatic hydroxyl groups is 3. The first-order valence-corrected chi connectivity index (χ1v) is 13.5. The predicted molar refractivity (Wildman–Crippen MR) is 129 cm³/mol. The van der Waals surface area contributed by atoms with Crippen LogP contribution in [0.4, 0.5) is 0 Å². The molecule has 1 heterocycles. The van der Waals surface area contributed by atoms with Crippen LogP contribution in [0.3, 0.4) is 0 Å². The molecular formula is C26H50O7. The third-order valence-electron chi connectivity index (χ3n) is 6.73. The van der Waals surface area contributed by atoms with E-state index in [2.05, 4.69) is 13.8 Å². The van der Waals surface area contributed by atoms with Gasteiger partial charge < -0.3 is 29.9 Å². The van der Waals surface area contributed by atoms with Crippen LogP contribution in [0.5, 0.6) is 0 Å². The Labute approximate surface area is 200 Å². The van der Waals surface area contributed by atoms with Crippen LogP contribution in [0.1, 0.15) is 123 Å². The molecule has 0 radical (unpaired) electrons. The summed E-state index contributed by atoms with van der Waals surface area (Å²) in [5.74, 6) is -2.98. The van der Waals surface area contributed by atoms with Gasteiger partial charge in [0.2, 0.25) is 0 Å². The number of hydrogen-bond acceptors (Lipinski definition) is 6. The SMILES string of the molecule is CCCCCCCCCCOC1(CCCCCCCCCC)O[C@H](C(=O)O)[C@H](O)[C@H](O)[C@H]1O. The van der Waals surface area contributed by atoms with Crippen LogP contribution < -0.4 is 0 Å². The Hall–Kier alpha value is -0.730. The lowest BCUT2D eigenvalue weighted by Gasteiger charge is -2.47. The summed E-state index contributed by atoms with van der Waals surface area (Å²) in [6, 6.07) is 0. The zero-order valence-electron chi connectivity index (χ0n) is 21.1. The first kappa shape index (κ1) is 30.3. The van der Waals surface area contributed by atoms with E-state index in [0.717, 1.165) is 38.5 Å². The number of rotatable bonds is 20. The zero-order valence-corrected chi connectivity index (χ0v) is 21.1.